The molecule has 2 rings (SSSR count). The monoisotopic (exact) mass is 276 g/mol. The average molecular weight is 276 g/mol. The Morgan fingerprint density at radius 1 is 1.25 bits per heavy atom. The van der Waals surface area contributed by atoms with Crippen LogP contribution in [0.4, 0.5) is 0 Å². The maximum absolute atomic E-state index is 11.4. The zero-order chi connectivity index (χ0) is 15.0. The third-order valence-corrected chi connectivity index (χ3v) is 3.48. The number of aryl methyl sites for hydroxylation is 1. The summed E-state index contributed by atoms with van der Waals surface area (Å²) in [5.41, 5.74) is 2.54. The van der Waals surface area contributed by atoms with Gasteiger partial charge in [-0.25, -0.2) is 4.79 Å². The van der Waals surface area contributed by atoms with Crippen LogP contribution < -0.4 is 0 Å². The third-order valence-electron chi connectivity index (χ3n) is 3.48. The third kappa shape index (κ3) is 2.09. The summed E-state index contributed by atoms with van der Waals surface area (Å²) in [5.74, 6) is -2.15. The van der Waals surface area contributed by atoms with Crippen molar-refractivity contribution in [1.29, 1.82) is 0 Å². The lowest BCUT2D eigenvalue weighted by Crippen LogP contribution is -2.10. The van der Waals surface area contributed by atoms with E-state index in [0.29, 0.717) is 11.3 Å². The van der Waals surface area contributed by atoms with Crippen LogP contribution in [0.15, 0.2) is 18.3 Å². The smallest absolute Gasteiger partial charge is 0.337 e. The first-order valence-electron chi connectivity index (χ1n) is 6.09. The first kappa shape index (κ1) is 13.9. The number of nitrogens with zero attached hydrogens (tertiary/aromatic N) is 2. The van der Waals surface area contributed by atoms with E-state index in [9.17, 15) is 14.7 Å². The van der Waals surface area contributed by atoms with Crippen molar-refractivity contribution < 1.29 is 19.8 Å². The number of carboxylic acid groups (broad SMARTS) is 2. The van der Waals surface area contributed by atoms with Crippen LogP contribution in [0.1, 0.15) is 21.6 Å². The molecule has 6 heteroatoms. The van der Waals surface area contributed by atoms with Gasteiger partial charge in [0, 0.05) is 26.0 Å². The van der Waals surface area contributed by atoms with E-state index in [1.54, 1.807) is 18.5 Å². The molecule has 2 N–H and O–H groups in total. The second-order valence-electron chi connectivity index (χ2n) is 4.73. The van der Waals surface area contributed by atoms with Crippen LogP contribution in [-0.4, -0.2) is 31.3 Å². The number of rotatable bonds is 4. The number of aromatic carboxylic acids is 1. The molecule has 2 aromatic rings. The van der Waals surface area contributed by atoms with E-state index >= 15 is 0 Å². The largest absolute Gasteiger partial charge is 0.481 e. The van der Waals surface area contributed by atoms with E-state index < -0.39 is 11.9 Å². The minimum atomic E-state index is -1.10. The average Bonchev–Trinajstić information content (AvgIpc) is 2.82. The maximum Gasteiger partial charge on any atom is 0.337 e. The summed E-state index contributed by atoms with van der Waals surface area (Å²) in [6.45, 7) is 1.71. The minimum absolute atomic E-state index is 0.0751. The molecule has 0 bridgehead atoms. The first-order chi connectivity index (χ1) is 9.34. The molecule has 0 radical (unpaired) electrons. The SMILES string of the molecule is Cc1c(C(=O)O)c(CC(=O)O)n(C)c1-c1cccn1C. The second-order valence-corrected chi connectivity index (χ2v) is 4.73. The summed E-state index contributed by atoms with van der Waals surface area (Å²) in [5, 5.41) is 18.3. The molecular formula is C14H16N2O4. The summed E-state index contributed by atoms with van der Waals surface area (Å²) >= 11 is 0. The van der Waals surface area contributed by atoms with E-state index in [0.717, 1.165) is 11.4 Å². The lowest BCUT2D eigenvalue weighted by Gasteiger charge is -2.08. The van der Waals surface area contributed by atoms with Gasteiger partial charge in [-0.3, -0.25) is 4.79 Å². The Hall–Kier alpha value is -2.50. The number of hydrogen-bond acceptors (Lipinski definition) is 2. The molecular weight excluding hydrogens is 260 g/mol. The Labute approximate surface area is 115 Å². The summed E-state index contributed by atoms with van der Waals surface area (Å²) in [7, 11) is 3.55. The van der Waals surface area contributed by atoms with Gasteiger partial charge in [-0.15, -0.1) is 0 Å². The molecule has 0 aliphatic carbocycles. The Morgan fingerprint density at radius 2 is 1.90 bits per heavy atom. The van der Waals surface area contributed by atoms with Crippen LogP contribution in [0.5, 0.6) is 0 Å². The van der Waals surface area contributed by atoms with E-state index in [-0.39, 0.29) is 12.0 Å². The number of carboxylic acids is 2. The van der Waals surface area contributed by atoms with Crippen molar-refractivity contribution in [2.45, 2.75) is 13.3 Å². The summed E-state index contributed by atoms with van der Waals surface area (Å²) in [6.07, 6.45) is 1.54. The number of hydrogen-bond donors (Lipinski definition) is 2. The zero-order valence-corrected chi connectivity index (χ0v) is 11.5. The van der Waals surface area contributed by atoms with Crippen molar-refractivity contribution >= 4 is 11.9 Å². The molecule has 0 aromatic carbocycles. The van der Waals surface area contributed by atoms with Gasteiger partial charge in [-0.05, 0) is 24.6 Å². The van der Waals surface area contributed by atoms with Gasteiger partial charge in [-0.2, -0.15) is 0 Å². The number of carbonyl (C=O) groups is 2. The Bertz CT molecular complexity index is 694. The van der Waals surface area contributed by atoms with Gasteiger partial charge in [0.1, 0.15) is 0 Å². The van der Waals surface area contributed by atoms with E-state index in [2.05, 4.69) is 0 Å². The molecule has 6 nitrogen and oxygen atoms in total. The summed E-state index contributed by atoms with van der Waals surface area (Å²) in [4.78, 5) is 22.4. The van der Waals surface area contributed by atoms with Crippen LogP contribution in [0.2, 0.25) is 0 Å². The summed E-state index contributed by atoms with van der Waals surface area (Å²) in [6, 6.07) is 3.73. The second kappa shape index (κ2) is 4.88. The Balaban J connectivity index is 2.74. The Kier molecular flexibility index (Phi) is 3.40. The topological polar surface area (TPSA) is 84.5 Å². The Morgan fingerprint density at radius 3 is 2.35 bits per heavy atom. The molecule has 0 fully saturated rings. The van der Waals surface area contributed by atoms with Crippen molar-refractivity contribution in [1.82, 2.24) is 9.13 Å². The van der Waals surface area contributed by atoms with Crippen LogP contribution in [0.3, 0.4) is 0 Å². The minimum Gasteiger partial charge on any atom is -0.481 e. The highest BCUT2D eigenvalue weighted by Gasteiger charge is 2.25. The van der Waals surface area contributed by atoms with Crippen molar-refractivity contribution in [2.24, 2.45) is 14.1 Å². The number of aliphatic carboxylic acids is 1. The van der Waals surface area contributed by atoms with Gasteiger partial charge in [0.2, 0.25) is 0 Å². The molecule has 2 heterocycles. The van der Waals surface area contributed by atoms with Gasteiger partial charge in [0.25, 0.3) is 0 Å². The van der Waals surface area contributed by atoms with Gasteiger partial charge in [0.05, 0.1) is 23.4 Å². The summed E-state index contributed by atoms with van der Waals surface area (Å²) < 4.78 is 3.53. The van der Waals surface area contributed by atoms with Gasteiger partial charge >= 0.3 is 11.9 Å². The lowest BCUT2D eigenvalue weighted by atomic mass is 10.1. The molecule has 0 unspecified atom stereocenters. The fourth-order valence-corrected chi connectivity index (χ4v) is 2.59. The van der Waals surface area contributed by atoms with Crippen LogP contribution >= 0.6 is 0 Å². The molecule has 0 atom stereocenters. The van der Waals surface area contributed by atoms with Crippen LogP contribution in [-0.2, 0) is 25.3 Å². The lowest BCUT2D eigenvalue weighted by molar-refractivity contribution is -0.136. The fourth-order valence-electron chi connectivity index (χ4n) is 2.59. The van der Waals surface area contributed by atoms with E-state index in [4.69, 9.17) is 5.11 Å². The van der Waals surface area contributed by atoms with Crippen molar-refractivity contribution in [2.75, 3.05) is 0 Å². The van der Waals surface area contributed by atoms with Gasteiger partial charge in [0.15, 0.2) is 0 Å². The van der Waals surface area contributed by atoms with Crippen molar-refractivity contribution in [3.05, 3.63) is 35.2 Å². The highest BCUT2D eigenvalue weighted by molar-refractivity contribution is 5.95. The molecule has 106 valence electrons. The van der Waals surface area contributed by atoms with E-state index in [1.165, 1.54) is 0 Å². The first-order valence-corrected chi connectivity index (χ1v) is 6.09. The molecule has 20 heavy (non-hydrogen) atoms. The van der Waals surface area contributed by atoms with E-state index in [1.807, 2.05) is 29.9 Å². The molecule has 2 aromatic heterocycles. The predicted octanol–water partition coefficient (Wildman–Crippen LogP) is 1.66. The van der Waals surface area contributed by atoms with Crippen molar-refractivity contribution in [3.63, 3.8) is 0 Å². The standard InChI is InChI=1S/C14H16N2O4/c1-8-12(14(19)20)10(7-11(17)18)16(3)13(8)9-5-4-6-15(9)2/h4-6H,7H2,1-3H3,(H,17,18)(H,19,20). The molecule has 0 spiro atoms. The quantitative estimate of drug-likeness (QED) is 0.889. The molecule has 0 aliphatic rings. The zero-order valence-electron chi connectivity index (χ0n) is 11.5. The number of aromatic nitrogens is 2. The van der Waals surface area contributed by atoms with Gasteiger partial charge < -0.3 is 19.3 Å². The normalized spacial score (nSPS) is 10.8. The maximum atomic E-state index is 11.4. The van der Waals surface area contributed by atoms with Gasteiger partial charge in [-0.1, -0.05) is 0 Å². The molecule has 0 saturated carbocycles. The molecule has 0 aliphatic heterocycles. The van der Waals surface area contributed by atoms with Crippen LogP contribution in [0.25, 0.3) is 11.4 Å². The highest BCUT2D eigenvalue weighted by Crippen LogP contribution is 2.31. The molecule has 0 amide bonds. The van der Waals surface area contributed by atoms with Crippen molar-refractivity contribution in [3.8, 4) is 11.4 Å². The highest BCUT2D eigenvalue weighted by atomic mass is 16.4. The fraction of sp³-hybridized carbons (Fsp3) is 0.286. The predicted molar refractivity (Wildman–Crippen MR) is 72.9 cm³/mol. The molecule has 0 saturated heterocycles. The van der Waals surface area contributed by atoms with Crippen LogP contribution in [0, 0.1) is 6.92 Å².